The van der Waals surface area contributed by atoms with Gasteiger partial charge in [-0.25, -0.2) is 4.79 Å². The van der Waals surface area contributed by atoms with Gasteiger partial charge in [0.15, 0.2) is 11.4 Å². The Labute approximate surface area is 186 Å². The van der Waals surface area contributed by atoms with Gasteiger partial charge in [-0.05, 0) is 56.3 Å². The van der Waals surface area contributed by atoms with Gasteiger partial charge in [-0.15, -0.1) is 4.91 Å². The fourth-order valence-electron chi connectivity index (χ4n) is 3.53. The zero-order valence-electron chi connectivity index (χ0n) is 18.7. The van der Waals surface area contributed by atoms with Crippen molar-refractivity contribution in [2.75, 3.05) is 6.26 Å². The lowest BCUT2D eigenvalue weighted by Gasteiger charge is -2.30. The predicted octanol–water partition coefficient (Wildman–Crippen LogP) is 5.07. The molecule has 1 aromatic carbocycles. The molecule has 1 aliphatic rings. The average Bonchev–Trinajstić information content (AvgIpc) is 2.72. The van der Waals surface area contributed by atoms with Gasteiger partial charge in [0.05, 0.1) is 17.1 Å². The lowest BCUT2D eigenvalue weighted by molar-refractivity contribution is 0.0760. The van der Waals surface area contributed by atoms with Gasteiger partial charge >= 0.3 is 5.63 Å². The third-order valence-electron chi connectivity index (χ3n) is 5.24. The molecule has 0 fully saturated rings. The lowest BCUT2D eigenvalue weighted by Crippen LogP contribution is -2.29. The number of carbonyl (C=O) groups excluding carboxylic acids is 1. The van der Waals surface area contributed by atoms with Crippen molar-refractivity contribution in [1.82, 2.24) is 0 Å². The first-order valence-electron chi connectivity index (χ1n) is 10.2. The number of carbonyl (C=O) groups is 1. The Morgan fingerprint density at radius 3 is 2.48 bits per heavy atom. The number of thiol groups is 1. The number of aryl methyl sites for hydroxylation is 1. The molecule has 1 aromatic heterocycles. The number of benzene rings is 1. The normalized spacial score (nSPS) is 15.9. The third kappa shape index (κ3) is 4.75. The van der Waals surface area contributed by atoms with E-state index in [0.717, 1.165) is 6.42 Å². The first-order valence-corrected chi connectivity index (χ1v) is 11.1. The Hall–Kier alpha value is -2.45. The van der Waals surface area contributed by atoms with Crippen molar-refractivity contribution in [3.63, 3.8) is 0 Å². The molecule has 0 bridgehead atoms. The maximum Gasteiger partial charge on any atom is 0.336 e. The fourth-order valence-corrected chi connectivity index (χ4v) is 3.53. The zero-order valence-corrected chi connectivity index (χ0v) is 19.6. The van der Waals surface area contributed by atoms with Crippen LogP contribution < -0.4 is 10.4 Å². The minimum atomic E-state index is -0.954. The summed E-state index contributed by atoms with van der Waals surface area (Å²) in [5, 5.41) is 13.5. The molecule has 2 atom stereocenters. The molecule has 3 rings (SSSR count). The van der Waals surface area contributed by atoms with E-state index in [4.69, 9.17) is 9.15 Å². The number of fused-ring (bicyclic) bond motifs is 3. The van der Waals surface area contributed by atoms with Crippen molar-refractivity contribution in [2.45, 2.75) is 59.2 Å². The van der Waals surface area contributed by atoms with E-state index in [9.17, 15) is 19.6 Å². The van der Waals surface area contributed by atoms with Crippen molar-refractivity contribution in [2.24, 2.45) is 11.1 Å². The predicted molar refractivity (Wildman–Crippen MR) is 126 cm³/mol. The number of Topliss-reactive ketones (excluding diaryl/α,β-unsaturated/α-hetero) is 1. The maximum atomic E-state index is 13.2. The molecule has 0 aliphatic carbocycles. The van der Waals surface area contributed by atoms with Crippen LogP contribution in [-0.2, 0) is 6.42 Å². The molecular weight excluding hydrogens is 418 g/mol. The monoisotopic (exact) mass is 447 g/mol. The zero-order chi connectivity index (χ0) is 23.5. The van der Waals surface area contributed by atoms with Gasteiger partial charge in [-0.3, -0.25) is 4.79 Å². The molecule has 0 saturated carbocycles. The van der Waals surface area contributed by atoms with E-state index in [-0.39, 0.29) is 16.8 Å². The number of ketones is 1. The number of aliphatic hydroxyl groups excluding tert-OH is 1. The van der Waals surface area contributed by atoms with Gasteiger partial charge in [0, 0.05) is 17.5 Å². The molecule has 1 aliphatic heterocycles. The van der Waals surface area contributed by atoms with Crippen LogP contribution in [0.3, 0.4) is 0 Å². The van der Waals surface area contributed by atoms with Gasteiger partial charge in [0.2, 0.25) is 0 Å². The summed E-state index contributed by atoms with van der Waals surface area (Å²) >= 11 is 3.53. The second-order valence-electron chi connectivity index (χ2n) is 8.03. The second kappa shape index (κ2) is 9.78. The summed E-state index contributed by atoms with van der Waals surface area (Å²) in [5.41, 5.74) is -0.479. The molecule has 31 heavy (non-hydrogen) atoms. The number of ether oxygens (including phenoxy) is 1. The Kier molecular flexibility index (Phi) is 7.83. The van der Waals surface area contributed by atoms with Crippen LogP contribution in [0.25, 0.3) is 17.0 Å². The van der Waals surface area contributed by atoms with E-state index >= 15 is 0 Å². The Balaban J connectivity index is 0.00000166. The number of rotatable bonds is 6. The molecule has 2 unspecified atom stereocenters. The molecule has 0 saturated heterocycles. The van der Waals surface area contributed by atoms with Crippen molar-refractivity contribution < 1.29 is 19.1 Å². The summed E-state index contributed by atoms with van der Waals surface area (Å²) in [6, 6.07) is 1.39. The minimum absolute atomic E-state index is 0.0158. The van der Waals surface area contributed by atoms with Crippen LogP contribution in [0, 0.1) is 10.8 Å². The van der Waals surface area contributed by atoms with Gasteiger partial charge in [-0.2, -0.15) is 12.6 Å². The Morgan fingerprint density at radius 2 is 1.94 bits per heavy atom. The second-order valence-corrected chi connectivity index (χ2v) is 8.03. The van der Waals surface area contributed by atoms with Crippen molar-refractivity contribution in [3.05, 3.63) is 44.2 Å². The molecule has 0 amide bonds. The van der Waals surface area contributed by atoms with Crippen LogP contribution in [0.2, 0.25) is 0 Å². The first kappa shape index (κ1) is 24.8. The van der Waals surface area contributed by atoms with E-state index in [1.54, 1.807) is 25.3 Å². The molecule has 0 radical (unpaired) electrons. The molecule has 2 aromatic rings. The summed E-state index contributed by atoms with van der Waals surface area (Å²) in [5.74, 6) is -0.963. The highest BCUT2D eigenvalue weighted by Crippen LogP contribution is 2.47. The molecule has 7 nitrogen and oxygen atoms in total. The van der Waals surface area contributed by atoms with Crippen LogP contribution in [0.15, 0.2) is 26.5 Å². The number of aliphatic hydroxyl groups is 1. The molecule has 168 valence electrons. The van der Waals surface area contributed by atoms with Crippen molar-refractivity contribution in [3.8, 4) is 5.75 Å². The Morgan fingerprint density at radius 1 is 1.29 bits per heavy atom. The number of nitrogens with zero attached hydrogens (tertiary/aromatic N) is 1. The summed E-state index contributed by atoms with van der Waals surface area (Å²) in [4.78, 5) is 37.3. The summed E-state index contributed by atoms with van der Waals surface area (Å²) in [7, 11) is 0. The SMILES string of the molecule is CCCc1cc(=O)oc2c(C(=O)C(C)C(C)O)c(N=O)c3c(c12)OC(C)(C)C=C3.CS. The third-order valence-corrected chi connectivity index (χ3v) is 5.24. The summed E-state index contributed by atoms with van der Waals surface area (Å²) < 4.78 is 11.6. The first-order chi connectivity index (χ1) is 14.6. The van der Waals surface area contributed by atoms with E-state index in [0.29, 0.717) is 28.7 Å². The molecule has 2 heterocycles. The van der Waals surface area contributed by atoms with E-state index in [1.807, 2.05) is 20.8 Å². The standard InChI is InChI=1S/C22H25NO6.CH4S/c1-6-7-13-10-15(25)28-21-16(13)20-14(8-9-22(4,5)29-20)18(23-27)17(21)19(26)11(2)12(3)24;1-2/h8-12,24H,6-7H2,1-5H3;2H,1H3. The van der Waals surface area contributed by atoms with E-state index in [2.05, 4.69) is 17.8 Å². The van der Waals surface area contributed by atoms with E-state index < -0.39 is 29.0 Å². The topological polar surface area (TPSA) is 106 Å². The molecule has 0 spiro atoms. The average molecular weight is 448 g/mol. The van der Waals surface area contributed by atoms with Crippen LogP contribution in [0.5, 0.6) is 5.75 Å². The van der Waals surface area contributed by atoms with Crippen LogP contribution in [0.1, 0.15) is 62.5 Å². The largest absolute Gasteiger partial charge is 0.482 e. The van der Waals surface area contributed by atoms with Gasteiger partial charge in [0.25, 0.3) is 0 Å². The molecule has 8 heteroatoms. The highest BCUT2D eigenvalue weighted by Gasteiger charge is 2.35. The summed E-state index contributed by atoms with van der Waals surface area (Å²) in [6.45, 7) is 8.73. The van der Waals surface area contributed by atoms with Gasteiger partial charge < -0.3 is 14.3 Å². The highest BCUT2D eigenvalue weighted by molar-refractivity contribution is 7.79. The van der Waals surface area contributed by atoms with Crippen LogP contribution in [-0.4, -0.2) is 28.9 Å². The minimum Gasteiger partial charge on any atom is -0.482 e. The van der Waals surface area contributed by atoms with Crippen LogP contribution >= 0.6 is 12.6 Å². The molecule has 1 N–H and O–H groups in total. The number of hydrogen-bond donors (Lipinski definition) is 2. The van der Waals surface area contributed by atoms with Crippen molar-refractivity contribution >= 4 is 41.1 Å². The summed E-state index contributed by atoms with van der Waals surface area (Å²) in [6.07, 6.45) is 5.55. The number of hydrogen-bond acceptors (Lipinski definition) is 8. The maximum absolute atomic E-state index is 13.2. The van der Waals surface area contributed by atoms with Gasteiger partial charge in [-0.1, -0.05) is 20.3 Å². The van der Waals surface area contributed by atoms with E-state index in [1.165, 1.54) is 13.0 Å². The molecular formula is C23H29NO6S. The van der Waals surface area contributed by atoms with Crippen molar-refractivity contribution in [1.29, 1.82) is 0 Å². The smallest absolute Gasteiger partial charge is 0.336 e. The fraction of sp³-hybridized carbons (Fsp3) is 0.478. The highest BCUT2D eigenvalue weighted by atomic mass is 32.1. The lowest BCUT2D eigenvalue weighted by atomic mass is 9.87. The van der Waals surface area contributed by atoms with Gasteiger partial charge in [0.1, 0.15) is 17.0 Å². The van der Waals surface area contributed by atoms with Crippen LogP contribution in [0.4, 0.5) is 5.69 Å². The number of nitroso groups, excluding NO2 is 1. The Bertz CT molecular complexity index is 1080. The quantitative estimate of drug-likeness (QED) is 0.277.